The highest BCUT2D eigenvalue weighted by Gasteiger charge is 2.34. The fourth-order valence-electron chi connectivity index (χ4n) is 2.24. The van der Waals surface area contributed by atoms with E-state index in [4.69, 9.17) is 9.47 Å². The molecule has 19 heavy (non-hydrogen) atoms. The van der Waals surface area contributed by atoms with Crippen molar-refractivity contribution in [3.63, 3.8) is 0 Å². The maximum atomic E-state index is 10.7. The lowest BCUT2D eigenvalue weighted by Gasteiger charge is -2.34. The monoisotopic (exact) mass is 266 g/mol. The van der Waals surface area contributed by atoms with E-state index in [-0.39, 0.29) is 11.5 Å². The van der Waals surface area contributed by atoms with Crippen LogP contribution in [0.4, 0.5) is 0 Å². The summed E-state index contributed by atoms with van der Waals surface area (Å²) in [4.78, 5) is 0. The zero-order valence-corrected chi connectivity index (χ0v) is 12.9. The molecule has 3 heteroatoms. The number of hydrogen-bond donors (Lipinski definition) is 1. The van der Waals surface area contributed by atoms with Gasteiger partial charge >= 0.3 is 0 Å². The molecular weight excluding hydrogens is 240 g/mol. The maximum absolute atomic E-state index is 10.7. The average molecular weight is 266 g/mol. The summed E-state index contributed by atoms with van der Waals surface area (Å²) in [5, 5.41) is 10.7. The van der Waals surface area contributed by atoms with E-state index in [1.54, 1.807) is 7.11 Å². The van der Waals surface area contributed by atoms with E-state index in [1.165, 1.54) is 0 Å². The van der Waals surface area contributed by atoms with Crippen molar-refractivity contribution in [3.8, 4) is 5.75 Å². The molecule has 1 aromatic carbocycles. The zero-order valence-electron chi connectivity index (χ0n) is 12.9. The van der Waals surface area contributed by atoms with Gasteiger partial charge in [0.05, 0.1) is 13.2 Å². The van der Waals surface area contributed by atoms with Crippen molar-refractivity contribution >= 4 is 0 Å². The van der Waals surface area contributed by atoms with Gasteiger partial charge in [-0.25, -0.2) is 0 Å². The fourth-order valence-corrected chi connectivity index (χ4v) is 2.24. The molecule has 0 aliphatic carbocycles. The first-order chi connectivity index (χ1) is 8.81. The molecule has 108 valence electrons. The summed E-state index contributed by atoms with van der Waals surface area (Å²) < 4.78 is 11.1. The summed E-state index contributed by atoms with van der Waals surface area (Å²) in [6, 6.07) is 5.82. The molecule has 0 fully saturated rings. The van der Waals surface area contributed by atoms with Gasteiger partial charge in [-0.2, -0.15) is 0 Å². The third-order valence-electron chi connectivity index (χ3n) is 3.19. The Hall–Kier alpha value is -1.06. The number of aryl methyl sites for hydroxylation is 1. The molecule has 0 amide bonds. The van der Waals surface area contributed by atoms with E-state index in [0.29, 0.717) is 12.4 Å². The van der Waals surface area contributed by atoms with Crippen molar-refractivity contribution in [2.75, 3.05) is 13.7 Å². The van der Waals surface area contributed by atoms with Gasteiger partial charge in [0.15, 0.2) is 0 Å². The number of aliphatic hydroxyl groups is 1. The minimum absolute atomic E-state index is 0.149. The minimum Gasteiger partial charge on any atom is -0.496 e. The highest BCUT2D eigenvalue weighted by Crippen LogP contribution is 2.36. The van der Waals surface area contributed by atoms with Crippen LogP contribution in [0.5, 0.6) is 5.75 Å². The molecule has 0 radical (unpaired) electrons. The number of methoxy groups -OCH3 is 1. The van der Waals surface area contributed by atoms with E-state index in [0.717, 1.165) is 11.1 Å². The smallest absolute Gasteiger partial charge is 0.124 e. The molecular formula is C16H26O3. The number of ether oxygens (including phenoxy) is 2. The lowest BCUT2D eigenvalue weighted by atomic mass is 9.83. The molecule has 0 bridgehead atoms. The Bertz CT molecular complexity index is 407. The van der Waals surface area contributed by atoms with Crippen molar-refractivity contribution in [3.05, 3.63) is 29.3 Å². The van der Waals surface area contributed by atoms with Crippen LogP contribution < -0.4 is 4.74 Å². The van der Waals surface area contributed by atoms with Crippen LogP contribution in [0.25, 0.3) is 0 Å². The van der Waals surface area contributed by atoms with Crippen molar-refractivity contribution in [2.24, 2.45) is 5.41 Å². The first kappa shape index (κ1) is 16.0. The second kappa shape index (κ2) is 6.40. The fraction of sp³-hybridized carbons (Fsp3) is 0.625. The van der Waals surface area contributed by atoms with Crippen molar-refractivity contribution in [1.29, 1.82) is 0 Å². The summed E-state index contributed by atoms with van der Waals surface area (Å²) in [7, 11) is 1.62. The molecule has 0 saturated heterocycles. The summed E-state index contributed by atoms with van der Waals surface area (Å²) in [6.07, 6.45) is -0.969. The number of hydrogen-bond acceptors (Lipinski definition) is 3. The summed E-state index contributed by atoms with van der Waals surface area (Å²) in [5.74, 6) is 0.701. The van der Waals surface area contributed by atoms with Gasteiger partial charge in [0, 0.05) is 12.2 Å². The Morgan fingerprint density at radius 2 is 1.89 bits per heavy atom. The molecule has 0 aliphatic heterocycles. The molecule has 3 nitrogen and oxygen atoms in total. The molecule has 2 atom stereocenters. The van der Waals surface area contributed by atoms with Gasteiger partial charge in [-0.3, -0.25) is 0 Å². The van der Waals surface area contributed by atoms with E-state index >= 15 is 0 Å². The van der Waals surface area contributed by atoms with Gasteiger partial charge < -0.3 is 14.6 Å². The van der Waals surface area contributed by atoms with Gasteiger partial charge in [-0.15, -0.1) is 0 Å². The van der Waals surface area contributed by atoms with E-state index in [1.807, 2.05) is 32.0 Å². The number of aliphatic hydroxyl groups excluding tert-OH is 1. The molecule has 0 saturated carbocycles. The van der Waals surface area contributed by atoms with Gasteiger partial charge in [-0.1, -0.05) is 32.4 Å². The Morgan fingerprint density at radius 1 is 1.26 bits per heavy atom. The van der Waals surface area contributed by atoms with Gasteiger partial charge in [0.1, 0.15) is 11.9 Å². The quantitative estimate of drug-likeness (QED) is 0.886. The van der Waals surface area contributed by atoms with Crippen LogP contribution in [0, 0.1) is 12.3 Å². The van der Waals surface area contributed by atoms with Crippen LogP contribution >= 0.6 is 0 Å². The second-order valence-corrected chi connectivity index (χ2v) is 5.93. The molecule has 0 spiro atoms. The number of rotatable bonds is 5. The van der Waals surface area contributed by atoms with Gasteiger partial charge in [0.2, 0.25) is 0 Å². The van der Waals surface area contributed by atoms with Crippen LogP contribution in [-0.2, 0) is 4.74 Å². The normalized spacial score (nSPS) is 15.1. The molecule has 0 aromatic heterocycles. The van der Waals surface area contributed by atoms with Crippen LogP contribution in [0.2, 0.25) is 0 Å². The molecule has 1 N–H and O–H groups in total. The highest BCUT2D eigenvalue weighted by atomic mass is 16.5. The van der Waals surface area contributed by atoms with Crippen LogP contribution in [-0.4, -0.2) is 24.9 Å². The lowest BCUT2D eigenvalue weighted by Crippen LogP contribution is -2.35. The Balaban J connectivity index is 3.15. The zero-order chi connectivity index (χ0) is 14.6. The van der Waals surface area contributed by atoms with E-state index in [2.05, 4.69) is 20.8 Å². The minimum atomic E-state index is -0.699. The predicted octanol–water partition coefficient (Wildman–Crippen LogP) is 3.49. The topological polar surface area (TPSA) is 38.7 Å². The second-order valence-electron chi connectivity index (χ2n) is 5.93. The number of benzene rings is 1. The lowest BCUT2D eigenvalue weighted by molar-refractivity contribution is -0.0904. The van der Waals surface area contributed by atoms with Crippen molar-refractivity contribution < 1.29 is 14.6 Å². The van der Waals surface area contributed by atoms with Crippen molar-refractivity contribution in [2.45, 2.75) is 46.8 Å². The van der Waals surface area contributed by atoms with Crippen LogP contribution in [0.1, 0.15) is 44.9 Å². The average Bonchev–Trinajstić information content (AvgIpc) is 2.33. The molecule has 2 unspecified atom stereocenters. The van der Waals surface area contributed by atoms with E-state index < -0.39 is 6.10 Å². The third-order valence-corrected chi connectivity index (χ3v) is 3.19. The summed E-state index contributed by atoms with van der Waals surface area (Å²) in [6.45, 7) is 10.7. The Labute approximate surface area is 116 Å². The molecule has 0 heterocycles. The molecule has 1 aromatic rings. The molecule has 1 rings (SSSR count). The largest absolute Gasteiger partial charge is 0.496 e. The molecule has 0 aliphatic rings. The highest BCUT2D eigenvalue weighted by molar-refractivity contribution is 5.39. The van der Waals surface area contributed by atoms with Gasteiger partial charge in [0.25, 0.3) is 0 Å². The Kier molecular flexibility index (Phi) is 5.39. The Morgan fingerprint density at radius 3 is 2.37 bits per heavy atom. The first-order valence-electron chi connectivity index (χ1n) is 6.75. The summed E-state index contributed by atoms with van der Waals surface area (Å²) in [5.41, 5.74) is 1.74. The van der Waals surface area contributed by atoms with Crippen LogP contribution in [0.15, 0.2) is 18.2 Å². The van der Waals surface area contributed by atoms with Crippen LogP contribution in [0.3, 0.4) is 0 Å². The maximum Gasteiger partial charge on any atom is 0.124 e. The van der Waals surface area contributed by atoms with E-state index in [9.17, 15) is 5.11 Å². The third kappa shape index (κ3) is 3.95. The summed E-state index contributed by atoms with van der Waals surface area (Å²) >= 11 is 0. The van der Waals surface area contributed by atoms with Gasteiger partial charge in [-0.05, 0) is 31.4 Å². The standard InChI is InChI=1S/C16H26O3/c1-7-19-15(16(3,4)5)14(17)12-10-11(2)8-9-13(12)18-6/h8-10,14-15,17H,7H2,1-6H3. The SMILES string of the molecule is CCOC(C(O)c1cc(C)ccc1OC)C(C)(C)C. The predicted molar refractivity (Wildman–Crippen MR) is 77.6 cm³/mol. The first-order valence-corrected chi connectivity index (χ1v) is 6.75. The van der Waals surface area contributed by atoms with Crippen molar-refractivity contribution in [1.82, 2.24) is 0 Å².